The van der Waals surface area contributed by atoms with E-state index < -0.39 is 46.9 Å². The molecule has 0 spiro atoms. The Labute approximate surface area is 207 Å². The fourth-order valence-electron chi connectivity index (χ4n) is 3.86. The molecule has 1 atom stereocenters. The second kappa shape index (κ2) is 9.81. The number of amides is 1. The standard InChI is InChI=1S/C24H19ClF5N5O/c1-13-10-32-34-21(13)7-15-4-2-14(3-5-15)6-16-11-33-35-23(16,24(28,29)30)22(36)31-12-18-19(26)8-17(25)9-20(18)27/h2-5,8-11H,6-7,12H2,1H3,(H,31,36)(H,32,34). The van der Waals surface area contributed by atoms with Crippen molar-refractivity contribution in [2.24, 2.45) is 10.2 Å². The van der Waals surface area contributed by atoms with Gasteiger partial charge in [0.25, 0.3) is 11.4 Å². The fraction of sp³-hybridized carbons (Fsp3) is 0.250. The van der Waals surface area contributed by atoms with Crippen LogP contribution >= 0.6 is 11.6 Å². The van der Waals surface area contributed by atoms with Crippen molar-refractivity contribution in [1.82, 2.24) is 15.5 Å². The van der Waals surface area contributed by atoms with E-state index in [1.165, 1.54) is 0 Å². The molecular formula is C24H19ClF5N5O. The Morgan fingerprint density at radius 2 is 1.69 bits per heavy atom. The molecule has 2 aromatic carbocycles. The van der Waals surface area contributed by atoms with Gasteiger partial charge in [0.15, 0.2) is 0 Å². The summed E-state index contributed by atoms with van der Waals surface area (Å²) in [5.74, 6) is -3.80. The first-order valence-corrected chi connectivity index (χ1v) is 11.1. The number of hydrogen-bond donors (Lipinski definition) is 2. The third kappa shape index (κ3) is 4.88. The SMILES string of the molecule is Cc1cn[nH]c1Cc1ccc(CC2=CN=NC2(C(=O)NCc2c(F)cc(Cl)cc2F)C(F)(F)F)cc1. The Kier molecular flexibility index (Phi) is 6.94. The highest BCUT2D eigenvalue weighted by Gasteiger charge is 2.65. The predicted octanol–water partition coefficient (Wildman–Crippen LogP) is 5.75. The number of azo groups is 1. The van der Waals surface area contributed by atoms with Gasteiger partial charge < -0.3 is 5.32 Å². The quantitative estimate of drug-likeness (QED) is 0.387. The lowest BCUT2D eigenvalue weighted by molar-refractivity contribution is -0.182. The topological polar surface area (TPSA) is 82.5 Å². The smallest absolute Gasteiger partial charge is 0.349 e. The molecular weight excluding hydrogens is 505 g/mol. The number of hydrogen-bond acceptors (Lipinski definition) is 4. The Balaban J connectivity index is 1.53. The highest BCUT2D eigenvalue weighted by atomic mass is 35.5. The van der Waals surface area contributed by atoms with Crippen LogP contribution in [0.4, 0.5) is 22.0 Å². The van der Waals surface area contributed by atoms with Gasteiger partial charge in [-0.15, -0.1) is 0 Å². The molecule has 1 aliphatic heterocycles. The van der Waals surface area contributed by atoms with Crippen molar-refractivity contribution in [3.8, 4) is 0 Å². The van der Waals surface area contributed by atoms with Gasteiger partial charge in [-0.25, -0.2) is 8.78 Å². The lowest BCUT2D eigenvalue weighted by Gasteiger charge is -2.29. The highest BCUT2D eigenvalue weighted by molar-refractivity contribution is 6.30. The Bertz CT molecular complexity index is 1330. The molecule has 2 heterocycles. The van der Waals surface area contributed by atoms with Gasteiger partial charge >= 0.3 is 6.18 Å². The molecule has 3 aromatic rings. The van der Waals surface area contributed by atoms with Crippen LogP contribution in [0.3, 0.4) is 0 Å². The van der Waals surface area contributed by atoms with Crippen molar-refractivity contribution in [2.45, 2.75) is 38.0 Å². The van der Waals surface area contributed by atoms with Crippen LogP contribution in [0.5, 0.6) is 0 Å². The van der Waals surface area contributed by atoms with Crippen LogP contribution in [-0.4, -0.2) is 27.8 Å². The van der Waals surface area contributed by atoms with Gasteiger partial charge in [0.05, 0.1) is 12.4 Å². The first-order chi connectivity index (χ1) is 17.0. The van der Waals surface area contributed by atoms with Gasteiger partial charge in [-0.1, -0.05) is 35.9 Å². The third-order valence-corrected chi connectivity index (χ3v) is 6.11. The normalized spacial score (nSPS) is 17.4. The summed E-state index contributed by atoms with van der Waals surface area (Å²) >= 11 is 5.56. The van der Waals surface area contributed by atoms with E-state index in [0.717, 1.165) is 35.2 Å². The summed E-state index contributed by atoms with van der Waals surface area (Å²) in [4.78, 5) is 12.8. The van der Waals surface area contributed by atoms with Crippen LogP contribution < -0.4 is 5.32 Å². The van der Waals surface area contributed by atoms with Crippen LogP contribution in [0.2, 0.25) is 5.02 Å². The van der Waals surface area contributed by atoms with Crippen LogP contribution in [-0.2, 0) is 24.2 Å². The summed E-state index contributed by atoms with van der Waals surface area (Å²) in [6, 6.07) is 8.42. The van der Waals surface area contributed by atoms with E-state index >= 15 is 0 Å². The predicted molar refractivity (Wildman–Crippen MR) is 121 cm³/mol. The number of rotatable bonds is 7. The summed E-state index contributed by atoms with van der Waals surface area (Å²) in [6.07, 6.45) is -2.28. The van der Waals surface area contributed by atoms with Crippen molar-refractivity contribution in [1.29, 1.82) is 0 Å². The van der Waals surface area contributed by atoms with E-state index in [1.807, 2.05) is 12.2 Å². The second-order valence-electron chi connectivity index (χ2n) is 8.31. The number of aromatic amines is 1. The summed E-state index contributed by atoms with van der Waals surface area (Å²) in [7, 11) is 0. The van der Waals surface area contributed by atoms with Crippen molar-refractivity contribution in [2.75, 3.05) is 0 Å². The van der Waals surface area contributed by atoms with E-state index in [1.54, 1.807) is 30.5 Å². The molecule has 2 N–H and O–H groups in total. The molecule has 6 nitrogen and oxygen atoms in total. The van der Waals surface area contributed by atoms with Crippen LogP contribution in [0.15, 0.2) is 64.6 Å². The molecule has 4 rings (SSSR count). The highest BCUT2D eigenvalue weighted by Crippen LogP contribution is 2.44. The maximum Gasteiger partial charge on any atom is 0.428 e. The van der Waals surface area contributed by atoms with Crippen molar-refractivity contribution < 1.29 is 26.7 Å². The average molecular weight is 524 g/mol. The maximum absolute atomic E-state index is 14.2. The third-order valence-electron chi connectivity index (χ3n) is 5.89. The Morgan fingerprint density at radius 3 is 2.25 bits per heavy atom. The van der Waals surface area contributed by atoms with Gasteiger partial charge in [0, 0.05) is 34.8 Å². The number of benzene rings is 2. The molecule has 36 heavy (non-hydrogen) atoms. The number of H-pyrrole nitrogens is 1. The van der Waals surface area contributed by atoms with Gasteiger partial charge in [-0.2, -0.15) is 28.5 Å². The van der Waals surface area contributed by atoms with Crippen molar-refractivity contribution in [3.05, 3.63) is 99.0 Å². The average Bonchev–Trinajstić information content (AvgIpc) is 3.40. The number of carbonyl (C=O) groups is 1. The van der Waals surface area contributed by atoms with E-state index in [9.17, 15) is 26.7 Å². The number of nitrogens with zero attached hydrogens (tertiary/aromatic N) is 3. The minimum absolute atomic E-state index is 0.229. The number of carbonyl (C=O) groups excluding carboxylic acids is 1. The first-order valence-electron chi connectivity index (χ1n) is 10.7. The second-order valence-corrected chi connectivity index (χ2v) is 8.75. The molecule has 0 bridgehead atoms. The molecule has 1 aliphatic rings. The zero-order chi connectivity index (χ0) is 26.1. The minimum atomic E-state index is -5.15. The monoisotopic (exact) mass is 523 g/mol. The molecule has 1 amide bonds. The molecule has 188 valence electrons. The number of aromatic nitrogens is 2. The van der Waals surface area contributed by atoms with Gasteiger partial charge in [0.1, 0.15) is 11.6 Å². The summed E-state index contributed by atoms with van der Waals surface area (Å²) in [5, 5.41) is 15.2. The zero-order valence-electron chi connectivity index (χ0n) is 18.8. The molecule has 1 aromatic heterocycles. The molecule has 0 fully saturated rings. The molecule has 0 saturated heterocycles. The largest absolute Gasteiger partial charge is 0.428 e. The van der Waals surface area contributed by atoms with Crippen molar-refractivity contribution in [3.63, 3.8) is 0 Å². The van der Waals surface area contributed by atoms with E-state index in [2.05, 4.69) is 20.4 Å². The van der Waals surface area contributed by atoms with Crippen molar-refractivity contribution >= 4 is 17.5 Å². The Hall–Kier alpha value is -3.60. The zero-order valence-corrected chi connectivity index (χ0v) is 19.5. The van der Waals surface area contributed by atoms with Gasteiger partial charge in [-0.3, -0.25) is 9.89 Å². The minimum Gasteiger partial charge on any atom is -0.349 e. The summed E-state index contributed by atoms with van der Waals surface area (Å²) < 4.78 is 70.8. The fourth-order valence-corrected chi connectivity index (χ4v) is 4.06. The molecule has 12 heteroatoms. The van der Waals surface area contributed by atoms with E-state index in [0.29, 0.717) is 12.0 Å². The number of nitrogens with one attached hydrogen (secondary N) is 2. The molecule has 1 unspecified atom stereocenters. The van der Waals surface area contributed by atoms with Crippen LogP contribution in [0, 0.1) is 18.6 Å². The Morgan fingerprint density at radius 1 is 1.08 bits per heavy atom. The van der Waals surface area contributed by atoms with Crippen LogP contribution in [0.25, 0.3) is 0 Å². The van der Waals surface area contributed by atoms with Gasteiger partial charge in [0.2, 0.25) is 0 Å². The first kappa shape index (κ1) is 25.5. The number of alkyl halides is 3. The molecule has 0 radical (unpaired) electrons. The number of aryl methyl sites for hydroxylation is 1. The maximum atomic E-state index is 14.2. The number of halogens is 6. The lowest BCUT2D eigenvalue weighted by Crippen LogP contribution is -2.56. The molecule has 0 saturated carbocycles. The summed E-state index contributed by atoms with van der Waals surface area (Å²) in [5.41, 5.74) is -1.06. The van der Waals surface area contributed by atoms with E-state index in [-0.39, 0.29) is 11.4 Å². The lowest BCUT2D eigenvalue weighted by atomic mass is 9.85. The van der Waals surface area contributed by atoms with Crippen LogP contribution in [0.1, 0.15) is 27.9 Å². The molecule has 0 aliphatic carbocycles. The van der Waals surface area contributed by atoms with Gasteiger partial charge in [-0.05, 0) is 42.2 Å². The van der Waals surface area contributed by atoms with E-state index in [4.69, 9.17) is 11.6 Å². The summed E-state index contributed by atoms with van der Waals surface area (Å²) in [6.45, 7) is 1.07.